The Labute approximate surface area is 142 Å². The summed E-state index contributed by atoms with van der Waals surface area (Å²) in [6, 6.07) is 8.07. The van der Waals surface area contributed by atoms with E-state index in [-0.39, 0.29) is 17.7 Å². The molecule has 24 heavy (non-hydrogen) atoms. The van der Waals surface area contributed by atoms with Gasteiger partial charge in [-0.05, 0) is 43.6 Å². The number of hydrogen-bond donors (Lipinski definition) is 1. The molecule has 2 heterocycles. The van der Waals surface area contributed by atoms with Crippen LogP contribution in [0, 0.1) is 5.92 Å². The van der Waals surface area contributed by atoms with Crippen molar-refractivity contribution in [2.75, 3.05) is 33.3 Å². The third-order valence-corrected chi connectivity index (χ3v) is 5.15. The number of rotatable bonds is 5. The maximum Gasteiger partial charge on any atom is 0.227 e. The van der Waals surface area contributed by atoms with Crippen molar-refractivity contribution < 1.29 is 14.3 Å². The summed E-state index contributed by atoms with van der Waals surface area (Å²) in [4.78, 5) is 27.9. The summed E-state index contributed by atoms with van der Waals surface area (Å²) in [5, 5.41) is 0. The van der Waals surface area contributed by atoms with Crippen molar-refractivity contribution in [2.24, 2.45) is 11.7 Å². The van der Waals surface area contributed by atoms with Crippen LogP contribution >= 0.6 is 0 Å². The Bertz CT molecular complexity index is 605. The average Bonchev–Trinajstić information content (AvgIpc) is 2.54. The van der Waals surface area contributed by atoms with Crippen LogP contribution in [0.4, 0.5) is 0 Å². The lowest BCUT2D eigenvalue weighted by Gasteiger charge is -2.47. The maximum atomic E-state index is 12.4. The molecule has 0 atom stereocenters. The minimum absolute atomic E-state index is 0.0205. The monoisotopic (exact) mass is 331 g/mol. The number of benzene rings is 1. The van der Waals surface area contributed by atoms with E-state index < -0.39 is 0 Å². The van der Waals surface area contributed by atoms with E-state index in [9.17, 15) is 9.59 Å². The number of nitrogens with zero attached hydrogens (tertiary/aromatic N) is 2. The van der Waals surface area contributed by atoms with E-state index in [1.54, 1.807) is 7.11 Å². The molecule has 6 heteroatoms. The van der Waals surface area contributed by atoms with E-state index in [0.29, 0.717) is 12.5 Å². The molecule has 0 aromatic heterocycles. The predicted octanol–water partition coefficient (Wildman–Crippen LogP) is 0.646. The zero-order chi connectivity index (χ0) is 17.1. The molecule has 1 aromatic rings. The number of primary amides is 1. The average molecular weight is 331 g/mol. The Hall–Kier alpha value is -2.08. The molecule has 130 valence electrons. The van der Waals surface area contributed by atoms with Crippen LogP contribution in [0.2, 0.25) is 0 Å². The van der Waals surface area contributed by atoms with Crippen molar-refractivity contribution in [2.45, 2.75) is 25.3 Å². The van der Waals surface area contributed by atoms with E-state index in [2.05, 4.69) is 4.90 Å². The molecule has 0 bridgehead atoms. The van der Waals surface area contributed by atoms with Crippen LogP contribution in [-0.2, 0) is 16.0 Å². The van der Waals surface area contributed by atoms with Gasteiger partial charge >= 0.3 is 0 Å². The Morgan fingerprint density at radius 1 is 1.25 bits per heavy atom. The van der Waals surface area contributed by atoms with Gasteiger partial charge in [0, 0.05) is 25.0 Å². The number of methoxy groups -OCH3 is 1. The first-order valence-corrected chi connectivity index (χ1v) is 8.51. The summed E-state index contributed by atoms with van der Waals surface area (Å²) < 4.78 is 5.19. The first kappa shape index (κ1) is 16.8. The topological polar surface area (TPSA) is 75.9 Å². The molecule has 2 fully saturated rings. The highest BCUT2D eigenvalue weighted by Gasteiger charge is 2.36. The van der Waals surface area contributed by atoms with Crippen molar-refractivity contribution in [1.82, 2.24) is 9.80 Å². The molecule has 6 nitrogen and oxygen atoms in total. The molecule has 3 rings (SSSR count). The highest BCUT2D eigenvalue weighted by Crippen LogP contribution is 2.24. The number of carbonyl (C=O) groups excluding carboxylic acids is 2. The van der Waals surface area contributed by atoms with Crippen molar-refractivity contribution >= 4 is 11.8 Å². The molecular weight excluding hydrogens is 306 g/mol. The molecule has 2 saturated heterocycles. The van der Waals surface area contributed by atoms with Gasteiger partial charge in [0.15, 0.2) is 0 Å². The van der Waals surface area contributed by atoms with Crippen LogP contribution in [0.15, 0.2) is 24.3 Å². The third kappa shape index (κ3) is 3.70. The number of piperidine rings is 1. The summed E-state index contributed by atoms with van der Waals surface area (Å²) in [6.45, 7) is 3.36. The van der Waals surface area contributed by atoms with Crippen molar-refractivity contribution in [3.63, 3.8) is 0 Å². The zero-order valence-electron chi connectivity index (χ0n) is 14.1. The molecule has 2 aliphatic heterocycles. The first-order valence-electron chi connectivity index (χ1n) is 8.51. The van der Waals surface area contributed by atoms with Crippen LogP contribution < -0.4 is 10.5 Å². The molecule has 2 amide bonds. The smallest absolute Gasteiger partial charge is 0.227 e. The van der Waals surface area contributed by atoms with Crippen molar-refractivity contribution in [3.05, 3.63) is 29.8 Å². The van der Waals surface area contributed by atoms with Crippen LogP contribution in [0.1, 0.15) is 18.4 Å². The van der Waals surface area contributed by atoms with Crippen LogP contribution in [0.5, 0.6) is 5.75 Å². The fraction of sp³-hybridized carbons (Fsp3) is 0.556. The first-order chi connectivity index (χ1) is 11.6. The summed E-state index contributed by atoms with van der Waals surface area (Å²) in [6.07, 6.45) is 2.08. The van der Waals surface area contributed by atoms with Gasteiger partial charge in [0.25, 0.3) is 0 Å². The van der Waals surface area contributed by atoms with Gasteiger partial charge < -0.3 is 15.4 Å². The molecule has 0 spiro atoms. The van der Waals surface area contributed by atoms with Crippen LogP contribution in [0.3, 0.4) is 0 Å². The van der Waals surface area contributed by atoms with E-state index in [4.69, 9.17) is 10.5 Å². The molecule has 0 saturated carbocycles. The Balaban J connectivity index is 1.44. The Morgan fingerprint density at radius 2 is 1.96 bits per heavy atom. The fourth-order valence-electron chi connectivity index (χ4n) is 3.51. The van der Waals surface area contributed by atoms with E-state index in [1.807, 2.05) is 29.2 Å². The Morgan fingerprint density at radius 3 is 2.58 bits per heavy atom. The number of hydrogen-bond acceptors (Lipinski definition) is 4. The number of nitrogens with two attached hydrogens (primary N) is 1. The highest BCUT2D eigenvalue weighted by atomic mass is 16.5. The Kier molecular flexibility index (Phi) is 5.04. The predicted molar refractivity (Wildman–Crippen MR) is 90.6 cm³/mol. The normalized spacial score (nSPS) is 19.8. The van der Waals surface area contributed by atoms with E-state index >= 15 is 0 Å². The van der Waals surface area contributed by atoms with Gasteiger partial charge in [0.1, 0.15) is 5.75 Å². The summed E-state index contributed by atoms with van der Waals surface area (Å²) in [5.41, 5.74) is 6.35. The van der Waals surface area contributed by atoms with Gasteiger partial charge in [-0.1, -0.05) is 12.1 Å². The molecule has 1 aromatic carbocycles. The van der Waals surface area contributed by atoms with Gasteiger partial charge in [-0.2, -0.15) is 0 Å². The van der Waals surface area contributed by atoms with Gasteiger partial charge in [0.05, 0.1) is 13.5 Å². The van der Waals surface area contributed by atoms with E-state index in [1.165, 1.54) is 0 Å². The number of carbonyl (C=O) groups is 2. The van der Waals surface area contributed by atoms with Crippen LogP contribution in [0.25, 0.3) is 0 Å². The lowest BCUT2D eigenvalue weighted by atomic mass is 9.93. The largest absolute Gasteiger partial charge is 0.497 e. The molecule has 0 unspecified atom stereocenters. The second-order valence-electron chi connectivity index (χ2n) is 6.69. The molecule has 2 N–H and O–H groups in total. The minimum atomic E-state index is -0.182. The second kappa shape index (κ2) is 7.21. The van der Waals surface area contributed by atoms with Gasteiger partial charge in [0.2, 0.25) is 11.8 Å². The van der Waals surface area contributed by atoms with Gasteiger partial charge in [-0.15, -0.1) is 0 Å². The number of ether oxygens (including phenoxy) is 1. The summed E-state index contributed by atoms with van der Waals surface area (Å²) in [5.74, 6) is 0.774. The lowest BCUT2D eigenvalue weighted by Crippen LogP contribution is -2.62. The van der Waals surface area contributed by atoms with Crippen molar-refractivity contribution in [1.29, 1.82) is 0 Å². The third-order valence-electron chi connectivity index (χ3n) is 5.15. The molecule has 2 aliphatic rings. The lowest BCUT2D eigenvalue weighted by molar-refractivity contribution is -0.138. The number of amides is 2. The molecular formula is C18H25N3O3. The zero-order valence-corrected chi connectivity index (χ0v) is 14.1. The minimum Gasteiger partial charge on any atom is -0.497 e. The van der Waals surface area contributed by atoms with Gasteiger partial charge in [-0.3, -0.25) is 14.5 Å². The fourth-order valence-corrected chi connectivity index (χ4v) is 3.51. The quantitative estimate of drug-likeness (QED) is 0.859. The molecule has 0 radical (unpaired) electrons. The number of likely N-dealkylation sites (tertiary alicyclic amines) is 2. The maximum absolute atomic E-state index is 12.4. The standard InChI is InChI=1S/C18H25N3O3/c1-24-16-4-2-3-13(9-16)10-17(22)21-11-15(12-21)20-7-5-14(6-8-20)18(19)23/h2-4,9,14-15H,5-8,10-12H2,1H3,(H2,19,23). The van der Waals surface area contributed by atoms with E-state index in [0.717, 1.165) is 50.3 Å². The van der Waals surface area contributed by atoms with Gasteiger partial charge in [-0.25, -0.2) is 0 Å². The SMILES string of the molecule is COc1cccc(CC(=O)N2CC(N3CCC(C(N)=O)CC3)C2)c1. The summed E-state index contributed by atoms with van der Waals surface area (Å²) >= 11 is 0. The highest BCUT2D eigenvalue weighted by molar-refractivity contribution is 5.80. The molecule has 0 aliphatic carbocycles. The summed E-state index contributed by atoms with van der Waals surface area (Å²) in [7, 11) is 1.63. The van der Waals surface area contributed by atoms with Crippen LogP contribution in [-0.4, -0.2) is 60.9 Å². The second-order valence-corrected chi connectivity index (χ2v) is 6.69. The van der Waals surface area contributed by atoms with Crippen molar-refractivity contribution in [3.8, 4) is 5.75 Å².